The van der Waals surface area contributed by atoms with Crippen LogP contribution in [0.2, 0.25) is 0 Å². The van der Waals surface area contributed by atoms with Crippen molar-refractivity contribution in [1.82, 2.24) is 9.55 Å². The average molecular weight is 464 g/mol. The van der Waals surface area contributed by atoms with Crippen LogP contribution in [-0.4, -0.2) is 18.3 Å². The number of halogens is 3. The van der Waals surface area contributed by atoms with Crippen molar-refractivity contribution in [2.45, 2.75) is 0 Å². The van der Waals surface area contributed by atoms with Crippen LogP contribution in [0.25, 0.3) is 27.8 Å². The number of anilines is 1. The van der Waals surface area contributed by atoms with Gasteiger partial charge in [0.25, 0.3) is 11.3 Å². The Morgan fingerprint density at radius 2 is 1.89 bits per heavy atom. The first kappa shape index (κ1) is 18.7. The Morgan fingerprint density at radius 3 is 2.64 bits per heavy atom. The molecule has 2 N–H and O–H groups in total. The Labute approximate surface area is 169 Å². The molecule has 0 aliphatic heterocycles. The lowest BCUT2D eigenvalue weighted by Crippen LogP contribution is -2.03. The van der Waals surface area contributed by atoms with Gasteiger partial charge in [0.05, 0.1) is 16.7 Å². The summed E-state index contributed by atoms with van der Waals surface area (Å²) in [5.74, 6) is -1.41. The molecule has 0 saturated heterocycles. The maximum atomic E-state index is 14.3. The van der Waals surface area contributed by atoms with Crippen LogP contribution >= 0.6 is 15.9 Å². The Balaban J connectivity index is 1.92. The SMILES string of the molecule is O=S(O)Nc1cc(-c2ccc(F)cc2F)cc(-n2cnc3cc(Br)ccc32)c1. The van der Waals surface area contributed by atoms with Crippen LogP contribution < -0.4 is 4.72 Å². The van der Waals surface area contributed by atoms with Crippen molar-refractivity contribution < 1.29 is 17.5 Å². The normalized spacial score (nSPS) is 12.3. The molecule has 1 unspecified atom stereocenters. The van der Waals surface area contributed by atoms with E-state index in [1.807, 2.05) is 18.2 Å². The van der Waals surface area contributed by atoms with E-state index in [-0.39, 0.29) is 5.56 Å². The summed E-state index contributed by atoms with van der Waals surface area (Å²) >= 11 is 1.09. The zero-order chi connectivity index (χ0) is 19.8. The quantitative estimate of drug-likeness (QED) is 0.404. The highest BCUT2D eigenvalue weighted by molar-refractivity contribution is 9.10. The van der Waals surface area contributed by atoms with E-state index in [0.29, 0.717) is 16.9 Å². The molecular formula is C19H12BrF2N3O2S. The first-order valence-corrected chi connectivity index (χ1v) is 9.92. The molecule has 28 heavy (non-hydrogen) atoms. The third-order valence-electron chi connectivity index (χ3n) is 4.15. The fraction of sp³-hybridized carbons (Fsp3) is 0. The monoisotopic (exact) mass is 463 g/mol. The standard InChI is InChI=1S/C19H12BrF2N3O2S/c20-12-1-4-19-18(7-12)23-10-25(19)15-6-11(5-14(9-15)24-28(26)27)16-3-2-13(21)8-17(16)22/h1-10,24H,(H,26,27). The maximum absolute atomic E-state index is 14.3. The third kappa shape index (κ3) is 3.68. The zero-order valence-electron chi connectivity index (χ0n) is 14.1. The van der Waals surface area contributed by atoms with Crippen LogP contribution in [-0.2, 0) is 11.3 Å². The second kappa shape index (κ2) is 7.42. The lowest BCUT2D eigenvalue weighted by molar-refractivity contribution is 0.570. The third-order valence-corrected chi connectivity index (χ3v) is 5.06. The maximum Gasteiger partial charge on any atom is 0.259 e. The van der Waals surface area contributed by atoms with Gasteiger partial charge in [0.1, 0.15) is 18.0 Å². The number of hydrogen-bond donors (Lipinski definition) is 2. The number of fused-ring (bicyclic) bond motifs is 1. The van der Waals surface area contributed by atoms with Gasteiger partial charge in [-0.25, -0.2) is 18.0 Å². The van der Waals surface area contributed by atoms with Crippen LogP contribution in [0.4, 0.5) is 14.5 Å². The van der Waals surface area contributed by atoms with Crippen molar-refractivity contribution in [3.05, 3.63) is 77.0 Å². The highest BCUT2D eigenvalue weighted by Crippen LogP contribution is 2.31. The Morgan fingerprint density at radius 1 is 1.07 bits per heavy atom. The first-order chi connectivity index (χ1) is 13.4. The molecule has 0 aliphatic rings. The summed E-state index contributed by atoms with van der Waals surface area (Å²) < 4.78 is 53.1. The second-order valence-corrected chi connectivity index (χ2v) is 7.61. The Kier molecular flexibility index (Phi) is 4.96. The van der Waals surface area contributed by atoms with Crippen molar-refractivity contribution in [2.24, 2.45) is 0 Å². The predicted molar refractivity (Wildman–Crippen MR) is 109 cm³/mol. The van der Waals surface area contributed by atoms with E-state index in [2.05, 4.69) is 25.6 Å². The molecule has 0 amide bonds. The van der Waals surface area contributed by atoms with E-state index in [4.69, 9.17) is 0 Å². The Hall–Kier alpha value is -2.62. The molecule has 0 aliphatic carbocycles. The molecule has 0 saturated carbocycles. The van der Waals surface area contributed by atoms with Crippen molar-refractivity contribution in [1.29, 1.82) is 0 Å². The molecule has 0 radical (unpaired) electrons. The lowest BCUT2D eigenvalue weighted by Gasteiger charge is -2.12. The van der Waals surface area contributed by atoms with Crippen LogP contribution in [0, 0.1) is 11.6 Å². The van der Waals surface area contributed by atoms with Gasteiger partial charge in [-0.15, -0.1) is 0 Å². The van der Waals surface area contributed by atoms with E-state index in [1.54, 1.807) is 23.0 Å². The summed E-state index contributed by atoms with van der Waals surface area (Å²) in [6.45, 7) is 0. The minimum atomic E-state index is -2.31. The van der Waals surface area contributed by atoms with E-state index < -0.39 is 22.9 Å². The molecule has 142 valence electrons. The summed E-state index contributed by atoms with van der Waals surface area (Å²) in [7, 11) is 0. The van der Waals surface area contributed by atoms with Crippen LogP contribution in [0.5, 0.6) is 0 Å². The van der Waals surface area contributed by atoms with Gasteiger partial charge in [0, 0.05) is 21.8 Å². The fourth-order valence-electron chi connectivity index (χ4n) is 2.98. The lowest BCUT2D eigenvalue weighted by atomic mass is 10.0. The molecule has 3 aromatic carbocycles. The smallest absolute Gasteiger partial charge is 0.259 e. The van der Waals surface area contributed by atoms with Crippen molar-refractivity contribution in [3.8, 4) is 16.8 Å². The van der Waals surface area contributed by atoms with Crippen LogP contribution in [0.15, 0.2) is 65.4 Å². The largest absolute Gasteiger partial charge is 0.299 e. The number of nitrogens with zero attached hydrogens (tertiary/aromatic N) is 2. The summed E-state index contributed by atoms with van der Waals surface area (Å²) in [5, 5.41) is 0. The zero-order valence-corrected chi connectivity index (χ0v) is 16.5. The number of nitrogens with one attached hydrogen (secondary N) is 1. The molecule has 1 atom stereocenters. The van der Waals surface area contributed by atoms with Gasteiger partial charge in [-0.3, -0.25) is 13.8 Å². The number of benzene rings is 3. The molecule has 0 bridgehead atoms. The van der Waals surface area contributed by atoms with Gasteiger partial charge in [0.15, 0.2) is 0 Å². The van der Waals surface area contributed by atoms with Crippen molar-refractivity contribution in [3.63, 3.8) is 0 Å². The summed E-state index contributed by atoms with van der Waals surface area (Å²) in [5.41, 5.74) is 3.03. The van der Waals surface area contributed by atoms with Gasteiger partial charge >= 0.3 is 0 Å². The van der Waals surface area contributed by atoms with Gasteiger partial charge in [-0.05, 0) is 54.1 Å². The molecule has 5 nitrogen and oxygen atoms in total. The topological polar surface area (TPSA) is 67.2 Å². The minimum Gasteiger partial charge on any atom is -0.299 e. The molecule has 9 heteroatoms. The molecule has 0 spiro atoms. The first-order valence-electron chi connectivity index (χ1n) is 8.02. The van der Waals surface area contributed by atoms with Crippen LogP contribution in [0.3, 0.4) is 0 Å². The van der Waals surface area contributed by atoms with Gasteiger partial charge in [-0.1, -0.05) is 15.9 Å². The number of hydrogen-bond acceptors (Lipinski definition) is 2. The van der Waals surface area contributed by atoms with Gasteiger partial charge in [-0.2, -0.15) is 0 Å². The van der Waals surface area contributed by atoms with Crippen molar-refractivity contribution in [2.75, 3.05) is 4.72 Å². The molecule has 0 fully saturated rings. The highest BCUT2D eigenvalue weighted by atomic mass is 79.9. The molecule has 4 aromatic rings. The summed E-state index contributed by atoms with van der Waals surface area (Å²) in [6, 6.07) is 13.7. The fourth-order valence-corrected chi connectivity index (χ4v) is 3.65. The molecule has 1 heterocycles. The van der Waals surface area contributed by atoms with E-state index in [1.165, 1.54) is 12.1 Å². The average Bonchev–Trinajstić information content (AvgIpc) is 3.03. The minimum absolute atomic E-state index is 0.169. The molecule has 1 aromatic heterocycles. The predicted octanol–water partition coefficient (Wildman–Crippen LogP) is 5.28. The number of rotatable bonds is 4. The van der Waals surface area contributed by atoms with Crippen molar-refractivity contribution >= 4 is 43.9 Å². The van der Waals surface area contributed by atoms with Crippen LogP contribution in [0.1, 0.15) is 0 Å². The van der Waals surface area contributed by atoms with E-state index >= 15 is 0 Å². The Bertz CT molecular complexity index is 1230. The number of aromatic nitrogens is 2. The van der Waals surface area contributed by atoms with Gasteiger partial charge in [0.2, 0.25) is 0 Å². The molecule has 4 rings (SSSR count). The summed E-state index contributed by atoms with van der Waals surface area (Å²) in [6.07, 6.45) is 1.61. The summed E-state index contributed by atoms with van der Waals surface area (Å²) in [4.78, 5) is 4.36. The second-order valence-electron chi connectivity index (χ2n) is 5.99. The van der Waals surface area contributed by atoms with Gasteiger partial charge < -0.3 is 0 Å². The van der Waals surface area contributed by atoms with E-state index in [0.717, 1.165) is 27.6 Å². The molecular weight excluding hydrogens is 452 g/mol. The number of imidazole rings is 1. The van der Waals surface area contributed by atoms with E-state index in [9.17, 15) is 17.5 Å². The highest BCUT2D eigenvalue weighted by Gasteiger charge is 2.12.